The number of azide groups is 1. The molecule has 0 saturated carbocycles. The van der Waals surface area contributed by atoms with Gasteiger partial charge in [-0.15, -0.1) is 0 Å². The van der Waals surface area contributed by atoms with Gasteiger partial charge in [-0.05, 0) is 12.0 Å². The molecule has 0 aliphatic heterocycles. The molecule has 0 aromatic carbocycles. The van der Waals surface area contributed by atoms with E-state index in [-0.39, 0.29) is 6.04 Å². The van der Waals surface area contributed by atoms with Crippen molar-refractivity contribution < 1.29 is 0 Å². The van der Waals surface area contributed by atoms with Crippen LogP contribution in [0.3, 0.4) is 0 Å². The maximum Gasteiger partial charge on any atom is 0.0908 e. The molecule has 0 spiro atoms. The molecule has 1 atom stereocenters. The number of nitrogens with zero attached hydrogens (tertiary/aromatic N) is 4. The molecule has 0 aliphatic carbocycles. The molecule has 0 aromatic heterocycles. The zero-order valence-corrected chi connectivity index (χ0v) is 6.44. The first-order valence-electron chi connectivity index (χ1n) is 3.45. The number of hydrogen-bond donors (Lipinski definition) is 0. The van der Waals surface area contributed by atoms with Gasteiger partial charge in [-0.3, -0.25) is 0 Å². The Morgan fingerprint density at radius 2 is 2.55 bits per heavy atom. The van der Waals surface area contributed by atoms with Gasteiger partial charge in [0.05, 0.1) is 12.1 Å². The van der Waals surface area contributed by atoms with Gasteiger partial charge in [0.1, 0.15) is 0 Å². The highest BCUT2D eigenvalue weighted by Crippen LogP contribution is 2.03. The van der Waals surface area contributed by atoms with Gasteiger partial charge in [0.15, 0.2) is 0 Å². The molecule has 0 amide bonds. The van der Waals surface area contributed by atoms with E-state index < -0.39 is 0 Å². The maximum atomic E-state index is 8.18. The zero-order valence-electron chi connectivity index (χ0n) is 6.44. The minimum absolute atomic E-state index is 0.162. The Kier molecular flexibility index (Phi) is 5.77. The van der Waals surface area contributed by atoms with Crippen LogP contribution in [0.5, 0.6) is 0 Å². The number of nitriles is 1. The second kappa shape index (κ2) is 6.66. The van der Waals surface area contributed by atoms with Crippen LogP contribution < -0.4 is 0 Å². The third-order valence-electron chi connectivity index (χ3n) is 1.18. The van der Waals surface area contributed by atoms with Crippen molar-refractivity contribution in [2.45, 2.75) is 25.8 Å². The van der Waals surface area contributed by atoms with Crippen LogP contribution in [0.2, 0.25) is 0 Å². The summed E-state index contributed by atoms with van der Waals surface area (Å²) >= 11 is 0. The van der Waals surface area contributed by atoms with Gasteiger partial charge < -0.3 is 0 Å². The van der Waals surface area contributed by atoms with Crippen molar-refractivity contribution >= 4 is 0 Å². The number of allylic oxidation sites excluding steroid dienone is 1. The van der Waals surface area contributed by atoms with E-state index >= 15 is 0 Å². The lowest BCUT2D eigenvalue weighted by atomic mass is 10.2. The largest absolute Gasteiger partial charge is 0.193 e. The van der Waals surface area contributed by atoms with E-state index in [0.29, 0.717) is 0 Å². The lowest BCUT2D eigenvalue weighted by Gasteiger charge is -1.99. The lowest BCUT2D eigenvalue weighted by Crippen LogP contribution is -1.96. The molecular weight excluding hydrogens is 140 g/mol. The van der Waals surface area contributed by atoms with Gasteiger partial charge in [0.2, 0.25) is 0 Å². The van der Waals surface area contributed by atoms with Crippen molar-refractivity contribution in [3.63, 3.8) is 0 Å². The molecule has 0 fully saturated rings. The van der Waals surface area contributed by atoms with Crippen molar-refractivity contribution in [3.05, 3.63) is 22.6 Å². The third kappa shape index (κ3) is 5.01. The predicted octanol–water partition coefficient (Wildman–Crippen LogP) is 2.55. The van der Waals surface area contributed by atoms with Gasteiger partial charge in [-0.25, -0.2) is 0 Å². The summed E-state index contributed by atoms with van der Waals surface area (Å²) in [6.07, 6.45) is 4.69. The standard InChI is InChI=1S/C7H10N4/c1-2-4-7(10-11-9)5-3-6-8/h3,5,7H,2,4H2,1H3/b5-3+. The summed E-state index contributed by atoms with van der Waals surface area (Å²) in [6, 6.07) is 1.69. The first-order valence-corrected chi connectivity index (χ1v) is 3.45. The molecule has 0 N–H and O–H groups in total. The van der Waals surface area contributed by atoms with Gasteiger partial charge in [-0.2, -0.15) is 5.26 Å². The van der Waals surface area contributed by atoms with E-state index in [0.717, 1.165) is 12.8 Å². The molecule has 0 radical (unpaired) electrons. The van der Waals surface area contributed by atoms with E-state index in [1.807, 2.05) is 13.0 Å². The van der Waals surface area contributed by atoms with Gasteiger partial charge in [0.25, 0.3) is 0 Å². The van der Waals surface area contributed by atoms with Crippen LogP contribution in [-0.4, -0.2) is 6.04 Å². The maximum absolute atomic E-state index is 8.18. The number of hydrogen-bond acceptors (Lipinski definition) is 2. The molecular formula is C7H10N4. The molecule has 11 heavy (non-hydrogen) atoms. The van der Waals surface area contributed by atoms with Gasteiger partial charge in [0, 0.05) is 11.0 Å². The monoisotopic (exact) mass is 150 g/mol. The fraction of sp³-hybridized carbons (Fsp3) is 0.571. The SMILES string of the molecule is CCCC(/C=C/C#N)N=[N+]=[N-]. The zero-order chi connectivity index (χ0) is 8.53. The highest BCUT2D eigenvalue weighted by atomic mass is 15.1. The van der Waals surface area contributed by atoms with Crippen LogP contribution in [0.1, 0.15) is 19.8 Å². The third-order valence-corrected chi connectivity index (χ3v) is 1.18. The molecule has 0 heterocycles. The molecule has 0 aromatic rings. The molecule has 1 unspecified atom stereocenters. The Labute approximate surface area is 65.8 Å². The Balaban J connectivity index is 4.00. The van der Waals surface area contributed by atoms with Crippen molar-refractivity contribution in [3.8, 4) is 6.07 Å². The quantitative estimate of drug-likeness (QED) is 0.262. The Morgan fingerprint density at radius 1 is 1.82 bits per heavy atom. The normalized spacial score (nSPS) is 12.0. The summed E-state index contributed by atoms with van der Waals surface area (Å²) in [5, 5.41) is 11.7. The molecule has 0 rings (SSSR count). The van der Waals surface area contributed by atoms with Crippen LogP contribution in [0.4, 0.5) is 0 Å². The fourth-order valence-corrected chi connectivity index (χ4v) is 0.709. The highest BCUT2D eigenvalue weighted by molar-refractivity contribution is 5.06. The smallest absolute Gasteiger partial charge is 0.0908 e. The lowest BCUT2D eigenvalue weighted by molar-refractivity contribution is 0.699. The van der Waals surface area contributed by atoms with Crippen molar-refractivity contribution in [2.75, 3.05) is 0 Å². The molecule has 4 nitrogen and oxygen atoms in total. The van der Waals surface area contributed by atoms with Crippen molar-refractivity contribution in [2.24, 2.45) is 5.11 Å². The molecule has 0 bridgehead atoms. The van der Waals surface area contributed by atoms with E-state index in [2.05, 4.69) is 10.0 Å². The van der Waals surface area contributed by atoms with Crippen molar-refractivity contribution in [1.82, 2.24) is 0 Å². The second-order valence-corrected chi connectivity index (χ2v) is 2.05. The van der Waals surface area contributed by atoms with Crippen LogP contribution in [0, 0.1) is 11.3 Å². The van der Waals surface area contributed by atoms with Crippen LogP contribution >= 0.6 is 0 Å². The summed E-state index contributed by atoms with van der Waals surface area (Å²) in [7, 11) is 0. The van der Waals surface area contributed by atoms with Gasteiger partial charge in [-0.1, -0.05) is 24.5 Å². The van der Waals surface area contributed by atoms with E-state index in [1.54, 1.807) is 6.08 Å². The predicted molar refractivity (Wildman–Crippen MR) is 42.6 cm³/mol. The Morgan fingerprint density at radius 3 is 3.00 bits per heavy atom. The summed E-state index contributed by atoms with van der Waals surface area (Å²) in [5.74, 6) is 0. The Bertz CT molecular complexity index is 207. The molecule has 0 saturated heterocycles. The van der Waals surface area contributed by atoms with E-state index in [9.17, 15) is 0 Å². The van der Waals surface area contributed by atoms with Gasteiger partial charge >= 0.3 is 0 Å². The summed E-state index contributed by atoms with van der Waals surface area (Å²) in [5.41, 5.74) is 8.10. The van der Waals surface area contributed by atoms with Crippen LogP contribution in [0.25, 0.3) is 10.4 Å². The molecule has 4 heteroatoms. The minimum Gasteiger partial charge on any atom is -0.193 e. The molecule has 0 aliphatic rings. The first-order chi connectivity index (χ1) is 5.35. The summed E-state index contributed by atoms with van der Waals surface area (Å²) < 4.78 is 0. The van der Waals surface area contributed by atoms with E-state index in [1.165, 1.54) is 6.08 Å². The topological polar surface area (TPSA) is 72.5 Å². The van der Waals surface area contributed by atoms with E-state index in [4.69, 9.17) is 10.8 Å². The average Bonchev–Trinajstić information content (AvgIpc) is 2.01. The van der Waals surface area contributed by atoms with Crippen LogP contribution in [-0.2, 0) is 0 Å². The second-order valence-electron chi connectivity index (χ2n) is 2.05. The summed E-state index contributed by atoms with van der Waals surface area (Å²) in [6.45, 7) is 2.00. The highest BCUT2D eigenvalue weighted by Gasteiger charge is 1.97. The number of rotatable bonds is 4. The van der Waals surface area contributed by atoms with Crippen molar-refractivity contribution in [1.29, 1.82) is 5.26 Å². The van der Waals surface area contributed by atoms with Crippen LogP contribution in [0.15, 0.2) is 17.3 Å². The fourth-order valence-electron chi connectivity index (χ4n) is 0.709. The Hall–Kier alpha value is -1.46. The minimum atomic E-state index is -0.162. The molecule has 58 valence electrons. The average molecular weight is 150 g/mol. The summed E-state index contributed by atoms with van der Waals surface area (Å²) in [4.78, 5) is 2.67. The first kappa shape index (κ1) is 9.54.